The van der Waals surface area contributed by atoms with E-state index in [0.717, 1.165) is 16.7 Å². The average Bonchev–Trinajstić information content (AvgIpc) is 2.57. The third kappa shape index (κ3) is 3.10. The van der Waals surface area contributed by atoms with Crippen LogP contribution in [0.2, 0.25) is 0 Å². The number of aryl methyl sites for hydroxylation is 1. The van der Waals surface area contributed by atoms with E-state index in [1.807, 2.05) is 60.7 Å². The van der Waals surface area contributed by atoms with E-state index in [1.54, 1.807) is 0 Å². The van der Waals surface area contributed by atoms with Gasteiger partial charge >= 0.3 is 0 Å². The monoisotopic (exact) mass is 288 g/mol. The molecule has 3 aromatic rings. The van der Waals surface area contributed by atoms with Gasteiger partial charge in [-0.25, -0.2) is 0 Å². The van der Waals surface area contributed by atoms with E-state index in [9.17, 15) is 5.11 Å². The van der Waals surface area contributed by atoms with Gasteiger partial charge in [-0.2, -0.15) is 0 Å². The second kappa shape index (κ2) is 6.59. The molecule has 110 valence electrons. The Morgan fingerprint density at radius 3 is 1.50 bits per heavy atom. The fourth-order valence-electron chi connectivity index (χ4n) is 2.83. The quantitative estimate of drug-likeness (QED) is 0.727. The highest BCUT2D eigenvalue weighted by Gasteiger charge is 2.24. The standard InChI is InChI=1S/C21H20O/c1-16-12-14-19(15-13-16)21(22)20(17-8-4-2-5-9-17)18-10-6-3-7-11-18/h2-15,20-22H,1H3. The van der Waals surface area contributed by atoms with Crippen LogP contribution in [0.15, 0.2) is 84.9 Å². The number of rotatable bonds is 4. The summed E-state index contributed by atoms with van der Waals surface area (Å²) < 4.78 is 0. The lowest BCUT2D eigenvalue weighted by molar-refractivity contribution is 0.159. The maximum Gasteiger partial charge on any atom is 0.0899 e. The van der Waals surface area contributed by atoms with Gasteiger partial charge in [0.05, 0.1) is 6.10 Å². The Labute approximate surface area is 131 Å². The Morgan fingerprint density at radius 2 is 1.05 bits per heavy atom. The molecule has 0 aliphatic carbocycles. The normalized spacial score (nSPS) is 12.3. The Morgan fingerprint density at radius 1 is 0.591 bits per heavy atom. The summed E-state index contributed by atoms with van der Waals surface area (Å²) in [4.78, 5) is 0. The minimum atomic E-state index is -0.564. The summed E-state index contributed by atoms with van der Waals surface area (Å²) in [5.74, 6) is -0.0647. The van der Waals surface area contributed by atoms with Crippen LogP contribution in [-0.2, 0) is 0 Å². The zero-order valence-electron chi connectivity index (χ0n) is 12.7. The number of hydrogen-bond donors (Lipinski definition) is 1. The molecule has 0 aliphatic rings. The zero-order chi connectivity index (χ0) is 15.4. The maximum atomic E-state index is 11.0. The molecule has 0 amide bonds. The van der Waals surface area contributed by atoms with Crippen LogP contribution < -0.4 is 0 Å². The summed E-state index contributed by atoms with van der Waals surface area (Å²) >= 11 is 0. The molecule has 0 aliphatic heterocycles. The van der Waals surface area contributed by atoms with Crippen molar-refractivity contribution < 1.29 is 5.11 Å². The Hall–Kier alpha value is -2.38. The Bertz CT molecular complexity index is 662. The molecule has 0 radical (unpaired) electrons. The topological polar surface area (TPSA) is 20.2 Å². The van der Waals surface area contributed by atoms with E-state index in [-0.39, 0.29) is 5.92 Å². The molecule has 3 rings (SSSR count). The van der Waals surface area contributed by atoms with Crippen LogP contribution in [0.4, 0.5) is 0 Å². The molecule has 1 unspecified atom stereocenters. The van der Waals surface area contributed by atoms with E-state index in [2.05, 4.69) is 31.2 Å². The number of benzene rings is 3. The van der Waals surface area contributed by atoms with Crippen molar-refractivity contribution >= 4 is 0 Å². The first-order chi connectivity index (χ1) is 10.8. The molecule has 1 N–H and O–H groups in total. The molecule has 1 nitrogen and oxygen atoms in total. The number of hydrogen-bond acceptors (Lipinski definition) is 1. The van der Waals surface area contributed by atoms with Crippen LogP contribution >= 0.6 is 0 Å². The van der Waals surface area contributed by atoms with Gasteiger partial charge in [0.15, 0.2) is 0 Å². The van der Waals surface area contributed by atoms with Crippen molar-refractivity contribution in [3.63, 3.8) is 0 Å². The highest BCUT2D eigenvalue weighted by atomic mass is 16.3. The van der Waals surface area contributed by atoms with E-state index < -0.39 is 6.10 Å². The van der Waals surface area contributed by atoms with Gasteiger partial charge in [-0.1, -0.05) is 90.5 Å². The first-order valence-corrected chi connectivity index (χ1v) is 7.60. The highest BCUT2D eigenvalue weighted by molar-refractivity contribution is 5.37. The minimum Gasteiger partial charge on any atom is -0.387 e. The third-order valence-corrected chi connectivity index (χ3v) is 4.05. The lowest BCUT2D eigenvalue weighted by Gasteiger charge is -2.24. The lowest BCUT2D eigenvalue weighted by atomic mass is 9.83. The van der Waals surface area contributed by atoms with Gasteiger partial charge in [-0.05, 0) is 23.6 Å². The summed E-state index contributed by atoms with van der Waals surface area (Å²) in [7, 11) is 0. The molecule has 0 saturated heterocycles. The van der Waals surface area contributed by atoms with Crippen LogP contribution in [0.25, 0.3) is 0 Å². The predicted molar refractivity (Wildman–Crippen MR) is 90.9 cm³/mol. The van der Waals surface area contributed by atoms with Crippen LogP contribution in [0, 0.1) is 6.92 Å². The van der Waals surface area contributed by atoms with Gasteiger partial charge in [0.1, 0.15) is 0 Å². The zero-order valence-corrected chi connectivity index (χ0v) is 12.7. The van der Waals surface area contributed by atoms with Crippen molar-refractivity contribution in [1.29, 1.82) is 0 Å². The van der Waals surface area contributed by atoms with Gasteiger partial charge in [0, 0.05) is 5.92 Å². The van der Waals surface area contributed by atoms with Crippen molar-refractivity contribution in [2.75, 3.05) is 0 Å². The van der Waals surface area contributed by atoms with Crippen LogP contribution in [0.5, 0.6) is 0 Å². The molecule has 0 fully saturated rings. The van der Waals surface area contributed by atoms with E-state index in [0.29, 0.717) is 0 Å². The van der Waals surface area contributed by atoms with Crippen molar-refractivity contribution in [1.82, 2.24) is 0 Å². The van der Waals surface area contributed by atoms with Gasteiger partial charge in [-0.3, -0.25) is 0 Å². The van der Waals surface area contributed by atoms with Crippen molar-refractivity contribution in [2.45, 2.75) is 18.9 Å². The van der Waals surface area contributed by atoms with Crippen LogP contribution in [-0.4, -0.2) is 5.11 Å². The summed E-state index contributed by atoms with van der Waals surface area (Å²) in [6.07, 6.45) is -0.564. The molecule has 22 heavy (non-hydrogen) atoms. The molecule has 0 heterocycles. The third-order valence-electron chi connectivity index (χ3n) is 4.05. The van der Waals surface area contributed by atoms with Crippen molar-refractivity contribution in [3.8, 4) is 0 Å². The highest BCUT2D eigenvalue weighted by Crippen LogP contribution is 2.36. The predicted octanol–water partition coefficient (Wildman–Crippen LogP) is 4.86. The number of aliphatic hydroxyl groups is 1. The van der Waals surface area contributed by atoms with E-state index in [4.69, 9.17) is 0 Å². The minimum absolute atomic E-state index is 0.0647. The molecular formula is C21H20O. The summed E-state index contributed by atoms with van der Waals surface area (Å²) in [6.45, 7) is 2.06. The van der Waals surface area contributed by atoms with Crippen molar-refractivity contribution in [2.24, 2.45) is 0 Å². The molecular weight excluding hydrogens is 268 g/mol. The van der Waals surface area contributed by atoms with Crippen LogP contribution in [0.1, 0.15) is 34.3 Å². The molecule has 0 spiro atoms. The summed E-state index contributed by atoms with van der Waals surface area (Å²) in [6, 6.07) is 28.5. The van der Waals surface area contributed by atoms with Gasteiger partial charge in [-0.15, -0.1) is 0 Å². The SMILES string of the molecule is Cc1ccc(C(O)C(c2ccccc2)c2ccccc2)cc1. The molecule has 1 heteroatoms. The molecule has 0 aromatic heterocycles. The fourth-order valence-corrected chi connectivity index (χ4v) is 2.83. The average molecular weight is 288 g/mol. The molecule has 0 saturated carbocycles. The van der Waals surface area contributed by atoms with Crippen LogP contribution in [0.3, 0.4) is 0 Å². The van der Waals surface area contributed by atoms with E-state index in [1.165, 1.54) is 5.56 Å². The van der Waals surface area contributed by atoms with Gasteiger partial charge in [0.2, 0.25) is 0 Å². The fraction of sp³-hybridized carbons (Fsp3) is 0.143. The Balaban J connectivity index is 2.04. The van der Waals surface area contributed by atoms with Crippen molar-refractivity contribution in [3.05, 3.63) is 107 Å². The largest absolute Gasteiger partial charge is 0.387 e. The second-order valence-electron chi connectivity index (χ2n) is 5.65. The molecule has 0 bridgehead atoms. The maximum absolute atomic E-state index is 11.0. The lowest BCUT2D eigenvalue weighted by Crippen LogP contribution is -2.12. The first kappa shape index (κ1) is 14.6. The van der Waals surface area contributed by atoms with E-state index >= 15 is 0 Å². The molecule has 1 atom stereocenters. The second-order valence-corrected chi connectivity index (χ2v) is 5.65. The Kier molecular flexibility index (Phi) is 4.36. The number of aliphatic hydroxyl groups excluding tert-OH is 1. The summed E-state index contributed by atoms with van der Waals surface area (Å²) in [5.41, 5.74) is 4.40. The van der Waals surface area contributed by atoms with Gasteiger partial charge in [0.25, 0.3) is 0 Å². The summed E-state index contributed by atoms with van der Waals surface area (Å²) in [5, 5.41) is 11.0. The first-order valence-electron chi connectivity index (χ1n) is 7.60. The molecule has 3 aromatic carbocycles. The smallest absolute Gasteiger partial charge is 0.0899 e. The van der Waals surface area contributed by atoms with Gasteiger partial charge < -0.3 is 5.11 Å².